The molecule has 0 unspecified atom stereocenters. The first-order valence-electron chi connectivity index (χ1n) is 6.23. The van der Waals surface area contributed by atoms with Crippen molar-refractivity contribution in [2.24, 2.45) is 0 Å². The molecule has 0 saturated heterocycles. The van der Waals surface area contributed by atoms with E-state index in [4.69, 9.17) is 4.42 Å². The molecule has 1 aromatic heterocycles. The van der Waals surface area contributed by atoms with Gasteiger partial charge in [-0.1, -0.05) is 34.1 Å². The molecule has 100 valence electrons. The minimum atomic E-state index is -0.00372. The maximum Gasteiger partial charge on any atom is 0.197 e. The highest BCUT2D eigenvalue weighted by molar-refractivity contribution is 9.10. The van der Waals surface area contributed by atoms with Crippen LogP contribution in [0.1, 0.15) is 5.56 Å². The standard InChI is InChI=1S/C16H12BrNO2/c17-12-6-7-15-14(8-12)16(19)11(10-20-15)9-18-13-4-2-1-3-5-13/h1-8,10,18H,9H2. The Balaban J connectivity index is 1.92. The molecule has 1 heterocycles. The second-order valence-corrected chi connectivity index (χ2v) is 5.37. The lowest BCUT2D eigenvalue weighted by atomic mass is 10.1. The molecule has 4 heteroatoms. The van der Waals surface area contributed by atoms with E-state index in [1.807, 2.05) is 36.4 Å². The number of hydrogen-bond donors (Lipinski definition) is 1. The van der Waals surface area contributed by atoms with Crippen molar-refractivity contribution >= 4 is 32.6 Å². The molecule has 0 aliphatic rings. The molecule has 3 nitrogen and oxygen atoms in total. The number of rotatable bonds is 3. The highest BCUT2D eigenvalue weighted by Gasteiger charge is 2.07. The Labute approximate surface area is 124 Å². The predicted octanol–water partition coefficient (Wildman–Crippen LogP) is 4.17. The molecular formula is C16H12BrNO2. The summed E-state index contributed by atoms with van der Waals surface area (Å²) < 4.78 is 6.37. The molecule has 0 atom stereocenters. The molecular weight excluding hydrogens is 318 g/mol. The van der Waals surface area contributed by atoms with Crippen LogP contribution in [0.2, 0.25) is 0 Å². The van der Waals surface area contributed by atoms with E-state index < -0.39 is 0 Å². The van der Waals surface area contributed by atoms with E-state index in [0.717, 1.165) is 10.2 Å². The molecule has 1 N–H and O–H groups in total. The van der Waals surface area contributed by atoms with Gasteiger partial charge in [-0.2, -0.15) is 0 Å². The zero-order chi connectivity index (χ0) is 13.9. The van der Waals surface area contributed by atoms with Gasteiger partial charge in [-0.3, -0.25) is 4.79 Å². The van der Waals surface area contributed by atoms with Crippen molar-refractivity contribution in [2.45, 2.75) is 6.54 Å². The van der Waals surface area contributed by atoms with E-state index in [2.05, 4.69) is 21.2 Å². The lowest BCUT2D eigenvalue weighted by molar-refractivity contribution is 0.594. The van der Waals surface area contributed by atoms with Crippen LogP contribution in [-0.4, -0.2) is 0 Å². The zero-order valence-electron chi connectivity index (χ0n) is 10.6. The van der Waals surface area contributed by atoms with E-state index in [1.54, 1.807) is 12.1 Å². The van der Waals surface area contributed by atoms with Crippen LogP contribution in [0.25, 0.3) is 11.0 Å². The lowest BCUT2D eigenvalue weighted by Gasteiger charge is -2.06. The highest BCUT2D eigenvalue weighted by Crippen LogP contribution is 2.18. The minimum Gasteiger partial charge on any atom is -0.464 e. The van der Waals surface area contributed by atoms with Gasteiger partial charge < -0.3 is 9.73 Å². The minimum absolute atomic E-state index is 0.00372. The topological polar surface area (TPSA) is 42.2 Å². The Morgan fingerprint density at radius 2 is 1.90 bits per heavy atom. The van der Waals surface area contributed by atoms with Crippen molar-refractivity contribution in [2.75, 3.05) is 5.32 Å². The third-order valence-corrected chi connectivity index (χ3v) is 3.56. The van der Waals surface area contributed by atoms with Gasteiger partial charge in [-0.15, -0.1) is 0 Å². The summed E-state index contributed by atoms with van der Waals surface area (Å²) in [5.41, 5.74) is 2.18. The smallest absolute Gasteiger partial charge is 0.197 e. The second kappa shape index (κ2) is 5.51. The highest BCUT2D eigenvalue weighted by atomic mass is 79.9. The summed E-state index contributed by atoms with van der Waals surface area (Å²) in [7, 11) is 0. The summed E-state index contributed by atoms with van der Waals surface area (Å²) >= 11 is 3.37. The predicted molar refractivity (Wildman–Crippen MR) is 84.0 cm³/mol. The number of benzene rings is 2. The molecule has 0 radical (unpaired) electrons. The molecule has 0 fully saturated rings. The van der Waals surface area contributed by atoms with Crippen molar-refractivity contribution in [3.8, 4) is 0 Å². The van der Waals surface area contributed by atoms with Gasteiger partial charge in [0.2, 0.25) is 0 Å². The van der Waals surface area contributed by atoms with Crippen LogP contribution in [0.4, 0.5) is 5.69 Å². The van der Waals surface area contributed by atoms with Crippen LogP contribution < -0.4 is 10.7 Å². The molecule has 0 aliphatic carbocycles. The fraction of sp³-hybridized carbons (Fsp3) is 0.0625. The van der Waals surface area contributed by atoms with E-state index in [1.165, 1.54) is 6.26 Å². The first-order valence-corrected chi connectivity index (χ1v) is 7.02. The summed E-state index contributed by atoms with van der Waals surface area (Å²) in [4.78, 5) is 12.4. The van der Waals surface area contributed by atoms with Gasteiger partial charge in [0.25, 0.3) is 0 Å². The molecule has 0 saturated carbocycles. The van der Waals surface area contributed by atoms with Crippen LogP contribution >= 0.6 is 15.9 Å². The lowest BCUT2D eigenvalue weighted by Crippen LogP contribution is -2.12. The fourth-order valence-electron chi connectivity index (χ4n) is 2.02. The number of anilines is 1. The number of fused-ring (bicyclic) bond motifs is 1. The summed E-state index contributed by atoms with van der Waals surface area (Å²) in [5.74, 6) is 0. The molecule has 20 heavy (non-hydrogen) atoms. The maximum atomic E-state index is 12.4. The van der Waals surface area contributed by atoms with Crippen LogP contribution in [0.3, 0.4) is 0 Å². The molecule has 0 bridgehead atoms. The largest absolute Gasteiger partial charge is 0.464 e. The summed E-state index contributed by atoms with van der Waals surface area (Å²) in [5, 5.41) is 3.80. The van der Waals surface area contributed by atoms with Crippen molar-refractivity contribution in [3.05, 3.63) is 75.1 Å². The number of hydrogen-bond acceptors (Lipinski definition) is 3. The Morgan fingerprint density at radius 1 is 1.10 bits per heavy atom. The summed E-state index contributed by atoms with van der Waals surface area (Å²) in [6.45, 7) is 0.439. The van der Waals surface area contributed by atoms with Crippen molar-refractivity contribution < 1.29 is 4.42 Å². The quantitative estimate of drug-likeness (QED) is 0.784. The Kier molecular flexibility index (Phi) is 3.56. The summed E-state index contributed by atoms with van der Waals surface area (Å²) in [6, 6.07) is 15.2. The SMILES string of the molecule is O=c1c(CNc2ccccc2)coc2ccc(Br)cc12. The number of nitrogens with one attached hydrogen (secondary N) is 1. The maximum absolute atomic E-state index is 12.4. The van der Waals surface area contributed by atoms with Crippen molar-refractivity contribution in [1.82, 2.24) is 0 Å². The normalized spacial score (nSPS) is 10.7. The Hall–Kier alpha value is -2.07. The first kappa shape index (κ1) is 12.9. The Morgan fingerprint density at radius 3 is 2.70 bits per heavy atom. The van der Waals surface area contributed by atoms with Gasteiger partial charge in [0.05, 0.1) is 17.2 Å². The third-order valence-electron chi connectivity index (χ3n) is 3.06. The Bertz CT molecular complexity index is 796. The monoisotopic (exact) mass is 329 g/mol. The van der Waals surface area contributed by atoms with E-state index in [9.17, 15) is 4.79 Å². The second-order valence-electron chi connectivity index (χ2n) is 4.45. The average molecular weight is 330 g/mol. The average Bonchev–Trinajstić information content (AvgIpc) is 2.48. The molecule has 3 rings (SSSR count). The number of para-hydroxylation sites is 1. The van der Waals surface area contributed by atoms with Crippen LogP contribution in [-0.2, 0) is 6.54 Å². The van der Waals surface area contributed by atoms with Gasteiger partial charge in [-0.25, -0.2) is 0 Å². The van der Waals surface area contributed by atoms with Crippen LogP contribution in [0.15, 0.2) is 68.5 Å². The van der Waals surface area contributed by atoms with E-state index in [-0.39, 0.29) is 5.43 Å². The molecule has 0 spiro atoms. The first-order chi connectivity index (χ1) is 9.74. The van der Waals surface area contributed by atoms with E-state index in [0.29, 0.717) is 23.1 Å². The van der Waals surface area contributed by atoms with Gasteiger partial charge in [0.1, 0.15) is 5.58 Å². The van der Waals surface area contributed by atoms with Gasteiger partial charge in [0, 0.05) is 16.7 Å². The third kappa shape index (κ3) is 2.60. The van der Waals surface area contributed by atoms with Crippen LogP contribution in [0.5, 0.6) is 0 Å². The van der Waals surface area contributed by atoms with Gasteiger partial charge >= 0.3 is 0 Å². The fourth-order valence-corrected chi connectivity index (χ4v) is 2.38. The molecule has 0 aliphatic heterocycles. The van der Waals surface area contributed by atoms with Gasteiger partial charge in [0.15, 0.2) is 5.43 Å². The molecule has 3 aromatic rings. The van der Waals surface area contributed by atoms with Crippen LogP contribution in [0, 0.1) is 0 Å². The molecule has 0 amide bonds. The molecule has 2 aromatic carbocycles. The summed E-state index contributed by atoms with van der Waals surface area (Å²) in [6.07, 6.45) is 1.52. The zero-order valence-corrected chi connectivity index (χ0v) is 12.2. The number of halogens is 1. The van der Waals surface area contributed by atoms with Gasteiger partial charge in [-0.05, 0) is 30.3 Å². The van der Waals surface area contributed by atoms with E-state index >= 15 is 0 Å². The van der Waals surface area contributed by atoms with Crippen molar-refractivity contribution in [1.29, 1.82) is 0 Å². The van der Waals surface area contributed by atoms with Crippen molar-refractivity contribution in [3.63, 3.8) is 0 Å².